The van der Waals surface area contributed by atoms with Gasteiger partial charge in [0.25, 0.3) is 0 Å². The maximum Gasteiger partial charge on any atom is 0.246 e. The summed E-state index contributed by atoms with van der Waals surface area (Å²) in [6.07, 6.45) is 4.46. The number of amides is 11. The third-order valence-corrected chi connectivity index (χ3v) is 16.7. The van der Waals surface area contributed by atoms with Crippen molar-refractivity contribution in [2.45, 2.75) is 223 Å². The van der Waals surface area contributed by atoms with E-state index < -0.39 is 156 Å². The summed E-state index contributed by atoms with van der Waals surface area (Å²) >= 11 is 0. The van der Waals surface area contributed by atoms with Crippen molar-refractivity contribution in [2.75, 3.05) is 62.4 Å². The zero-order valence-corrected chi connectivity index (χ0v) is 58.0. The molecule has 12 atom stereocenters. The minimum Gasteiger partial charge on any atom is -0.390 e. The lowest BCUT2D eigenvalue weighted by Crippen LogP contribution is -2.63. The predicted molar refractivity (Wildman–Crippen MR) is 342 cm³/mol. The molecule has 0 saturated carbocycles. The smallest absolute Gasteiger partial charge is 0.246 e. The van der Waals surface area contributed by atoms with E-state index in [1.165, 1.54) is 98.7 Å². The van der Waals surface area contributed by atoms with E-state index in [9.17, 15) is 33.9 Å². The summed E-state index contributed by atoms with van der Waals surface area (Å²) in [6.45, 7) is 33.2. The summed E-state index contributed by atoms with van der Waals surface area (Å²) in [6, 6.07) is -12.4. The van der Waals surface area contributed by atoms with Crippen LogP contribution in [0.3, 0.4) is 0 Å². The molecule has 4 N–H and O–H groups in total. The van der Waals surface area contributed by atoms with Crippen LogP contribution in [0.25, 0.3) is 0 Å². The van der Waals surface area contributed by atoms with Crippen LogP contribution in [-0.4, -0.2) is 238 Å². The van der Waals surface area contributed by atoms with Gasteiger partial charge in [-0.25, -0.2) is 0 Å². The number of nitrogens with zero attached hydrogens (tertiary/aromatic N) is 8. The van der Waals surface area contributed by atoms with Crippen LogP contribution in [0, 0.1) is 41.4 Å². The number of aliphatic hydroxyl groups excluding tert-OH is 1. The molecule has 0 aromatic rings. The third kappa shape index (κ3) is 21.7. The van der Waals surface area contributed by atoms with E-state index >= 15 is 24.0 Å². The van der Waals surface area contributed by atoms with Gasteiger partial charge < -0.3 is 60.3 Å². The standard InChI is InChI=1S/C65H115N11O12/c1-26-29-30-43(16)55(78)54-58(81)68-46(28-3)60(83)69(19)36-51(77)70(20)50(35-40(10)11)63(86)76(31-27-2)53(42(14)15)65(88)71(21)47(32-37(4)5)57(80)66-44(17)56(79)67-45(18)59(82)72(22)48(33-38(6)7)61(84)73(23)49(34-39(8)9)62(85)74(24)52(41(12)13)64(87)75(54)25/h26-27,29,37-50,52-55,78H,2,28,30-36H2,1,3-25H3,(H,66,80)(H,67,79)(H,68,81)/b29-26+/t43-,44?,45-,46+,47+,48+,49+,50+,52+,53+,54?,55+/m1/s1. The molecule has 0 bridgehead atoms. The summed E-state index contributed by atoms with van der Waals surface area (Å²) in [7, 11) is 9.96. The Hall–Kier alpha value is -6.39. The van der Waals surface area contributed by atoms with Crippen molar-refractivity contribution in [1.82, 2.24) is 55.1 Å². The minimum atomic E-state index is -1.62. The van der Waals surface area contributed by atoms with Gasteiger partial charge in [0.2, 0.25) is 65.0 Å². The van der Waals surface area contributed by atoms with Crippen molar-refractivity contribution in [3.8, 4) is 0 Å². The number of carbonyl (C=O) groups is 11. The molecule has 1 heterocycles. The van der Waals surface area contributed by atoms with E-state index in [-0.39, 0.29) is 62.3 Å². The van der Waals surface area contributed by atoms with E-state index in [0.29, 0.717) is 6.42 Å². The molecule has 1 aliphatic rings. The van der Waals surface area contributed by atoms with Gasteiger partial charge in [0.05, 0.1) is 12.6 Å². The summed E-state index contributed by atoms with van der Waals surface area (Å²) in [5.74, 6) is -9.74. The fraction of sp³-hybridized carbons (Fsp3) is 0.769. The van der Waals surface area contributed by atoms with E-state index in [4.69, 9.17) is 0 Å². The molecule has 1 saturated heterocycles. The summed E-state index contributed by atoms with van der Waals surface area (Å²) in [4.78, 5) is 172. The number of hydrogen-bond acceptors (Lipinski definition) is 12. The van der Waals surface area contributed by atoms with Crippen molar-refractivity contribution in [3.05, 3.63) is 24.8 Å². The molecule has 23 nitrogen and oxygen atoms in total. The predicted octanol–water partition coefficient (Wildman–Crippen LogP) is 4.17. The number of likely N-dealkylation sites (N-methyl/N-ethyl adjacent to an activating group) is 7. The molecule has 2 unspecified atom stereocenters. The highest BCUT2D eigenvalue weighted by Crippen LogP contribution is 2.27. The lowest BCUT2D eigenvalue weighted by molar-refractivity contribution is -0.157. The van der Waals surface area contributed by atoms with Crippen LogP contribution < -0.4 is 16.0 Å². The van der Waals surface area contributed by atoms with Crippen LogP contribution in [0.4, 0.5) is 0 Å². The quantitative estimate of drug-likeness (QED) is 0.150. The molecule has 23 heteroatoms. The molecule has 1 rings (SSSR count). The second kappa shape index (κ2) is 36.3. The number of aliphatic hydroxyl groups is 1. The molecule has 0 aromatic heterocycles. The Bertz CT molecular complexity index is 2430. The Morgan fingerprint density at radius 1 is 0.489 bits per heavy atom. The average molecular weight is 1240 g/mol. The maximum atomic E-state index is 15.2. The first kappa shape index (κ1) is 79.6. The van der Waals surface area contributed by atoms with Gasteiger partial charge in [0, 0.05) is 55.9 Å². The fourth-order valence-corrected chi connectivity index (χ4v) is 11.3. The van der Waals surface area contributed by atoms with Crippen LogP contribution in [0.1, 0.15) is 156 Å². The van der Waals surface area contributed by atoms with Crippen LogP contribution in [0.15, 0.2) is 24.8 Å². The number of hydrogen-bond donors (Lipinski definition) is 4. The Balaban J connectivity index is 4.44. The van der Waals surface area contributed by atoms with Crippen molar-refractivity contribution in [1.29, 1.82) is 0 Å². The van der Waals surface area contributed by atoms with E-state index in [1.54, 1.807) is 54.5 Å². The molecular weight excluding hydrogens is 1130 g/mol. The summed E-state index contributed by atoms with van der Waals surface area (Å²) < 4.78 is 0. The summed E-state index contributed by atoms with van der Waals surface area (Å²) in [5, 5.41) is 20.3. The molecule has 88 heavy (non-hydrogen) atoms. The molecule has 1 fully saturated rings. The van der Waals surface area contributed by atoms with Gasteiger partial charge in [-0.05, 0) is 101 Å². The Morgan fingerprint density at radius 3 is 1.34 bits per heavy atom. The number of rotatable bonds is 17. The Morgan fingerprint density at radius 2 is 0.898 bits per heavy atom. The average Bonchev–Trinajstić information content (AvgIpc) is 2.97. The van der Waals surface area contributed by atoms with Gasteiger partial charge in [0.1, 0.15) is 60.4 Å². The second-order valence-electron chi connectivity index (χ2n) is 26.8. The monoisotopic (exact) mass is 1240 g/mol. The highest BCUT2D eigenvalue weighted by molar-refractivity contribution is 5.99. The number of carbonyl (C=O) groups excluding carboxylic acids is 11. The van der Waals surface area contributed by atoms with Gasteiger partial charge in [-0.15, -0.1) is 6.58 Å². The van der Waals surface area contributed by atoms with Crippen molar-refractivity contribution in [2.24, 2.45) is 41.4 Å². The maximum absolute atomic E-state index is 15.2. The second-order valence-corrected chi connectivity index (χ2v) is 26.8. The largest absolute Gasteiger partial charge is 0.390 e. The molecule has 0 radical (unpaired) electrons. The number of nitrogens with one attached hydrogen (secondary N) is 3. The zero-order chi connectivity index (χ0) is 68.3. The van der Waals surface area contributed by atoms with E-state index in [2.05, 4.69) is 22.5 Å². The lowest BCUT2D eigenvalue weighted by Gasteiger charge is -2.41. The first-order chi connectivity index (χ1) is 40.7. The van der Waals surface area contributed by atoms with Gasteiger partial charge in [-0.1, -0.05) is 115 Å². The zero-order valence-electron chi connectivity index (χ0n) is 58.0. The van der Waals surface area contributed by atoms with Crippen molar-refractivity contribution < 1.29 is 57.8 Å². The highest BCUT2D eigenvalue weighted by atomic mass is 16.3. The molecular formula is C65H115N11O12. The van der Waals surface area contributed by atoms with Crippen molar-refractivity contribution >= 4 is 65.0 Å². The van der Waals surface area contributed by atoms with Crippen LogP contribution >= 0.6 is 0 Å². The van der Waals surface area contributed by atoms with Gasteiger partial charge >= 0.3 is 0 Å². The first-order valence-electron chi connectivity index (χ1n) is 31.6. The third-order valence-electron chi connectivity index (χ3n) is 16.7. The van der Waals surface area contributed by atoms with E-state index in [0.717, 1.165) is 9.80 Å². The topological polar surface area (TPSA) is 270 Å². The van der Waals surface area contributed by atoms with Crippen molar-refractivity contribution in [3.63, 3.8) is 0 Å². The SMILES string of the molecule is C=CCN1C(=O)[C@H](CC(C)C)N(C)C(=O)CN(C)C(=O)[C@H](CC)NC(=O)C([C@@H](O)[C@H](C)C/C=C/C)N(C)C(=O)[C@H](C(C)C)N(C)C(=O)[C@H](CC(C)C)N(C)C(=O)[C@H](CC(C)C)N(C)C(=O)[C@@H](C)NC(=O)C(C)NC(=O)[C@H](CC(C)C)N(C)C(=O)[C@@H]1C(C)C. The normalized spacial score (nSPS) is 26.5. The lowest BCUT2D eigenvalue weighted by atomic mass is 9.91. The summed E-state index contributed by atoms with van der Waals surface area (Å²) in [5.41, 5.74) is 0. The van der Waals surface area contributed by atoms with Gasteiger partial charge in [0.15, 0.2) is 0 Å². The fourth-order valence-electron chi connectivity index (χ4n) is 11.3. The molecule has 0 aromatic carbocycles. The van der Waals surface area contributed by atoms with Gasteiger partial charge in [-0.2, -0.15) is 0 Å². The van der Waals surface area contributed by atoms with Gasteiger partial charge in [-0.3, -0.25) is 52.7 Å². The van der Waals surface area contributed by atoms with Crippen LogP contribution in [0.5, 0.6) is 0 Å². The molecule has 0 spiro atoms. The first-order valence-corrected chi connectivity index (χ1v) is 31.6. The van der Waals surface area contributed by atoms with Crippen LogP contribution in [0.2, 0.25) is 0 Å². The minimum absolute atomic E-state index is 0.0155. The molecule has 11 amide bonds. The Labute approximate surface area is 527 Å². The van der Waals surface area contributed by atoms with Crippen LogP contribution in [-0.2, 0) is 52.7 Å². The molecule has 502 valence electrons. The van der Waals surface area contributed by atoms with E-state index in [1.807, 2.05) is 61.5 Å². The highest BCUT2D eigenvalue weighted by Gasteiger charge is 2.46. The Kier molecular flexibility index (Phi) is 32.9. The molecule has 1 aliphatic heterocycles. The number of allylic oxidation sites excluding steroid dienone is 2. The molecule has 0 aliphatic carbocycles.